The third kappa shape index (κ3) is 6.69. The highest BCUT2D eigenvalue weighted by Crippen LogP contribution is 2.23. The Morgan fingerprint density at radius 2 is 1.35 bits per heavy atom. The van der Waals surface area contributed by atoms with E-state index >= 15 is 0 Å². The molecule has 1 aliphatic rings. The van der Waals surface area contributed by atoms with E-state index in [0.717, 1.165) is 28.2 Å². The van der Waals surface area contributed by atoms with Gasteiger partial charge in [0.25, 0.3) is 0 Å². The number of hydroxylamine groups is 1. The van der Waals surface area contributed by atoms with Crippen LogP contribution < -0.4 is 16.1 Å². The summed E-state index contributed by atoms with van der Waals surface area (Å²) >= 11 is 0. The van der Waals surface area contributed by atoms with Gasteiger partial charge in [-0.05, 0) is 59.7 Å². The molecule has 2 heterocycles. The molecule has 0 saturated carbocycles. The van der Waals surface area contributed by atoms with Crippen molar-refractivity contribution in [2.24, 2.45) is 5.73 Å². The first-order valence-corrected chi connectivity index (χ1v) is 9.64. The maximum absolute atomic E-state index is 9.11. The predicted molar refractivity (Wildman–Crippen MR) is 121 cm³/mol. The minimum Gasteiger partial charge on any atom is -0.508 e. The number of hydrogen-bond donors (Lipinski definition) is 4. The van der Waals surface area contributed by atoms with E-state index in [1.807, 2.05) is 66.7 Å². The lowest BCUT2D eigenvalue weighted by atomic mass is 10.1. The number of furan rings is 1. The van der Waals surface area contributed by atoms with Crippen LogP contribution in [0.4, 0.5) is 0 Å². The molecule has 6 nitrogen and oxygen atoms in total. The van der Waals surface area contributed by atoms with Gasteiger partial charge < -0.3 is 25.2 Å². The van der Waals surface area contributed by atoms with E-state index in [1.165, 1.54) is 0 Å². The Balaban J connectivity index is 0.000000140. The molecule has 0 saturated heterocycles. The number of aromatic hydroxyl groups is 2. The van der Waals surface area contributed by atoms with Crippen molar-refractivity contribution in [3.63, 3.8) is 0 Å². The van der Waals surface area contributed by atoms with Crippen LogP contribution in [0.25, 0.3) is 17.2 Å². The van der Waals surface area contributed by atoms with Gasteiger partial charge in [-0.2, -0.15) is 0 Å². The highest BCUT2D eigenvalue weighted by atomic mass is 16.6. The lowest BCUT2D eigenvalue weighted by Gasteiger charge is -2.11. The number of nitrogens with one attached hydrogen (secondary N) is 1. The predicted octanol–water partition coefficient (Wildman–Crippen LogP) is 5.06. The van der Waals surface area contributed by atoms with Crippen LogP contribution in [0.1, 0.15) is 11.3 Å². The summed E-state index contributed by atoms with van der Waals surface area (Å²) in [5.41, 5.74) is 11.0. The van der Waals surface area contributed by atoms with Gasteiger partial charge in [0.1, 0.15) is 17.3 Å². The first-order chi connectivity index (χ1) is 15.2. The lowest BCUT2D eigenvalue weighted by Crippen LogP contribution is -2.13. The summed E-state index contributed by atoms with van der Waals surface area (Å²) in [4.78, 5) is 5.09. The zero-order valence-electron chi connectivity index (χ0n) is 16.8. The van der Waals surface area contributed by atoms with E-state index in [1.54, 1.807) is 36.7 Å². The largest absolute Gasteiger partial charge is 0.508 e. The van der Waals surface area contributed by atoms with Crippen LogP contribution in [0.15, 0.2) is 102 Å². The molecule has 6 heteroatoms. The molecule has 4 aromatic rings. The van der Waals surface area contributed by atoms with Crippen molar-refractivity contribution in [3.05, 3.63) is 109 Å². The van der Waals surface area contributed by atoms with Crippen LogP contribution in [-0.4, -0.2) is 10.2 Å². The van der Waals surface area contributed by atoms with Crippen LogP contribution in [0, 0.1) is 0 Å². The number of rotatable bonds is 2. The van der Waals surface area contributed by atoms with Gasteiger partial charge in [0, 0.05) is 11.8 Å². The quantitative estimate of drug-likeness (QED) is 0.365. The Labute approximate surface area is 180 Å². The molecule has 5 N–H and O–H groups in total. The fraction of sp³-hybridized carbons (Fsp3) is 0.0400. The van der Waals surface area contributed by atoms with Crippen molar-refractivity contribution >= 4 is 6.08 Å². The van der Waals surface area contributed by atoms with E-state index in [2.05, 4.69) is 5.48 Å². The minimum atomic E-state index is 0.257. The smallest absolute Gasteiger partial charge is 0.162 e. The molecular weight excluding hydrogens is 392 g/mol. The zero-order chi connectivity index (χ0) is 21.9. The number of nitrogens with two attached hydrogens (primary N) is 1. The molecule has 0 bridgehead atoms. The molecule has 1 aliphatic heterocycles. The molecule has 0 spiro atoms. The summed E-state index contributed by atoms with van der Waals surface area (Å²) in [6.45, 7) is 0.493. The highest BCUT2D eigenvalue weighted by molar-refractivity contribution is 5.64. The fourth-order valence-electron chi connectivity index (χ4n) is 2.67. The third-order valence-corrected chi connectivity index (χ3v) is 4.27. The van der Waals surface area contributed by atoms with E-state index in [-0.39, 0.29) is 11.5 Å². The highest BCUT2D eigenvalue weighted by Gasteiger charge is 2.01. The van der Waals surface area contributed by atoms with Gasteiger partial charge in [-0.15, -0.1) is 0 Å². The first-order valence-electron chi connectivity index (χ1n) is 9.64. The lowest BCUT2D eigenvalue weighted by molar-refractivity contribution is 0.239. The van der Waals surface area contributed by atoms with Crippen molar-refractivity contribution in [3.8, 4) is 28.4 Å². The SMILES string of the molecule is C1=Cc2ccccc2ON1.NCc1ccco1.Oc1ccc(-c2ccc(O)cc2)cc1. The van der Waals surface area contributed by atoms with E-state index < -0.39 is 0 Å². The number of para-hydroxylation sites is 1. The Morgan fingerprint density at radius 1 is 0.742 bits per heavy atom. The molecule has 0 fully saturated rings. The maximum Gasteiger partial charge on any atom is 0.162 e. The molecular formula is C25H24N2O4. The third-order valence-electron chi connectivity index (χ3n) is 4.27. The molecule has 3 aromatic carbocycles. The van der Waals surface area contributed by atoms with Gasteiger partial charge in [-0.1, -0.05) is 42.5 Å². The Bertz CT molecular complexity index is 1030. The summed E-state index contributed by atoms with van der Waals surface area (Å²) < 4.78 is 4.86. The summed E-state index contributed by atoms with van der Waals surface area (Å²) in [6, 6.07) is 25.4. The summed E-state index contributed by atoms with van der Waals surface area (Å²) in [6.07, 6.45) is 5.35. The van der Waals surface area contributed by atoms with E-state index in [9.17, 15) is 0 Å². The van der Waals surface area contributed by atoms with Crippen LogP contribution in [-0.2, 0) is 6.54 Å². The molecule has 5 rings (SSSR count). The molecule has 158 valence electrons. The number of benzene rings is 3. The van der Waals surface area contributed by atoms with Crippen molar-refractivity contribution in [1.82, 2.24) is 5.48 Å². The van der Waals surface area contributed by atoms with Crippen LogP contribution in [0.5, 0.6) is 17.2 Å². The number of hydrogen-bond acceptors (Lipinski definition) is 6. The maximum atomic E-state index is 9.11. The second kappa shape index (κ2) is 11.1. The monoisotopic (exact) mass is 416 g/mol. The van der Waals surface area contributed by atoms with E-state index in [0.29, 0.717) is 6.54 Å². The van der Waals surface area contributed by atoms with Crippen LogP contribution >= 0.6 is 0 Å². The van der Waals surface area contributed by atoms with Gasteiger partial charge in [-0.3, -0.25) is 0 Å². The second-order valence-corrected chi connectivity index (χ2v) is 6.47. The van der Waals surface area contributed by atoms with Crippen molar-refractivity contribution in [2.45, 2.75) is 6.54 Å². The minimum absolute atomic E-state index is 0.257. The molecule has 0 atom stereocenters. The Hall–Kier alpha value is -4.16. The number of fused-ring (bicyclic) bond motifs is 1. The molecule has 0 amide bonds. The second-order valence-electron chi connectivity index (χ2n) is 6.47. The van der Waals surface area contributed by atoms with Gasteiger partial charge in [0.05, 0.1) is 12.8 Å². The van der Waals surface area contributed by atoms with Gasteiger partial charge in [-0.25, -0.2) is 5.48 Å². The van der Waals surface area contributed by atoms with Gasteiger partial charge >= 0.3 is 0 Å². The van der Waals surface area contributed by atoms with Crippen molar-refractivity contribution in [1.29, 1.82) is 0 Å². The Morgan fingerprint density at radius 3 is 1.84 bits per heavy atom. The summed E-state index contributed by atoms with van der Waals surface area (Å²) in [5, 5.41) is 18.2. The first kappa shape index (κ1) is 21.5. The Kier molecular flexibility index (Phi) is 7.74. The topological polar surface area (TPSA) is 101 Å². The number of phenols is 2. The molecule has 1 aromatic heterocycles. The normalized spacial score (nSPS) is 10.9. The standard InChI is InChI=1S/C12H10O2.C8H7NO.C5H7NO/c13-11-5-1-9(2-6-11)10-3-7-12(14)8-4-10;1-2-4-8-7(3-1)5-6-9-10-8;6-4-5-2-1-3-7-5/h1-8,13-14H;1-6,9H;1-3H,4,6H2. The average Bonchev–Trinajstić information content (AvgIpc) is 3.35. The summed E-state index contributed by atoms with van der Waals surface area (Å²) in [5.74, 6) is 2.23. The van der Waals surface area contributed by atoms with E-state index in [4.69, 9.17) is 25.2 Å². The van der Waals surface area contributed by atoms with Gasteiger partial charge in [0.15, 0.2) is 5.75 Å². The van der Waals surface area contributed by atoms with Crippen LogP contribution in [0.3, 0.4) is 0 Å². The molecule has 0 unspecified atom stereocenters. The van der Waals surface area contributed by atoms with Gasteiger partial charge in [0.2, 0.25) is 0 Å². The molecule has 31 heavy (non-hydrogen) atoms. The van der Waals surface area contributed by atoms with Crippen molar-refractivity contribution < 1.29 is 19.5 Å². The molecule has 0 radical (unpaired) electrons. The fourth-order valence-corrected chi connectivity index (χ4v) is 2.67. The number of phenolic OH excluding ortho intramolecular Hbond substituents is 2. The van der Waals surface area contributed by atoms with Crippen LogP contribution in [0.2, 0.25) is 0 Å². The average molecular weight is 416 g/mol. The summed E-state index contributed by atoms with van der Waals surface area (Å²) in [7, 11) is 0. The zero-order valence-corrected chi connectivity index (χ0v) is 16.8. The van der Waals surface area contributed by atoms with Crippen molar-refractivity contribution in [2.75, 3.05) is 0 Å². The molecule has 0 aliphatic carbocycles.